The van der Waals surface area contributed by atoms with E-state index in [0.717, 1.165) is 32.4 Å². The minimum absolute atomic E-state index is 0.124. The van der Waals surface area contributed by atoms with E-state index in [1.165, 1.54) is 5.56 Å². The zero-order valence-corrected chi connectivity index (χ0v) is 19.8. The lowest BCUT2D eigenvalue weighted by atomic mass is 9.90. The molecule has 1 atom stereocenters. The van der Waals surface area contributed by atoms with E-state index in [9.17, 15) is 14.4 Å². The standard InChI is InChI=1S/C26H26ClN5O3/c27-18-6-8-19(9-7-18)28-24(34)20-15-21(33)29-23-22(20)25(35)31-26(30-23)32-12-10-17(11-13-32)14-16-4-2-1-3-5-16/h1-9,17,20H,10-15H2,(H,28,34)(H2,29,30,31,33,35). The maximum Gasteiger partial charge on any atom is 0.258 e. The van der Waals surface area contributed by atoms with E-state index in [0.29, 0.717) is 22.6 Å². The molecule has 5 rings (SSSR count). The first-order valence-corrected chi connectivity index (χ1v) is 12.1. The lowest BCUT2D eigenvalue weighted by molar-refractivity contribution is -0.123. The molecule has 9 heteroatoms. The van der Waals surface area contributed by atoms with Crippen molar-refractivity contribution in [1.82, 2.24) is 9.97 Å². The van der Waals surface area contributed by atoms with E-state index < -0.39 is 17.4 Å². The lowest BCUT2D eigenvalue weighted by Crippen LogP contribution is -2.40. The Bertz CT molecular complexity index is 1280. The van der Waals surface area contributed by atoms with Crippen molar-refractivity contribution in [2.75, 3.05) is 28.6 Å². The van der Waals surface area contributed by atoms with E-state index >= 15 is 0 Å². The maximum absolute atomic E-state index is 13.1. The number of H-pyrrole nitrogens is 1. The zero-order valence-electron chi connectivity index (χ0n) is 19.1. The van der Waals surface area contributed by atoms with Gasteiger partial charge in [-0.25, -0.2) is 0 Å². The van der Waals surface area contributed by atoms with Gasteiger partial charge in [-0.1, -0.05) is 41.9 Å². The van der Waals surface area contributed by atoms with Crippen molar-refractivity contribution in [3.8, 4) is 0 Å². The van der Waals surface area contributed by atoms with E-state index in [-0.39, 0.29) is 23.7 Å². The fourth-order valence-electron chi connectivity index (χ4n) is 4.79. The summed E-state index contributed by atoms with van der Waals surface area (Å²) in [5, 5.41) is 5.99. The number of amides is 2. The maximum atomic E-state index is 13.1. The van der Waals surface area contributed by atoms with Crippen LogP contribution in [0.5, 0.6) is 0 Å². The Kier molecular flexibility index (Phi) is 6.55. The van der Waals surface area contributed by atoms with Crippen molar-refractivity contribution in [2.24, 2.45) is 5.92 Å². The van der Waals surface area contributed by atoms with Crippen LogP contribution in [0.15, 0.2) is 59.4 Å². The van der Waals surface area contributed by atoms with Gasteiger partial charge >= 0.3 is 0 Å². The SMILES string of the molecule is O=C1CC(C(=O)Nc2ccc(Cl)cc2)c2c(nc(N3CCC(Cc4ccccc4)CC3)[nH]c2=O)N1. The number of anilines is 3. The number of nitrogens with zero attached hydrogens (tertiary/aromatic N) is 2. The predicted octanol–water partition coefficient (Wildman–Crippen LogP) is 3.95. The number of piperidine rings is 1. The summed E-state index contributed by atoms with van der Waals surface area (Å²) in [6.45, 7) is 1.52. The van der Waals surface area contributed by atoms with Crippen LogP contribution in [-0.2, 0) is 16.0 Å². The molecular formula is C26H26ClN5O3. The number of halogens is 1. The number of fused-ring (bicyclic) bond motifs is 1. The molecule has 1 unspecified atom stereocenters. The molecule has 1 fully saturated rings. The van der Waals surface area contributed by atoms with Gasteiger partial charge < -0.3 is 15.5 Å². The van der Waals surface area contributed by atoms with Gasteiger partial charge in [-0.05, 0) is 55.0 Å². The van der Waals surface area contributed by atoms with Crippen LogP contribution in [0.2, 0.25) is 5.02 Å². The third-order valence-corrected chi connectivity index (χ3v) is 6.90. The van der Waals surface area contributed by atoms with E-state index in [4.69, 9.17) is 11.6 Å². The molecule has 0 spiro atoms. The second-order valence-corrected chi connectivity index (χ2v) is 9.51. The van der Waals surface area contributed by atoms with Gasteiger partial charge in [-0.15, -0.1) is 0 Å². The first kappa shape index (κ1) is 23.1. The van der Waals surface area contributed by atoms with Crippen molar-refractivity contribution < 1.29 is 9.59 Å². The highest BCUT2D eigenvalue weighted by Gasteiger charge is 2.35. The first-order valence-electron chi connectivity index (χ1n) is 11.8. The van der Waals surface area contributed by atoms with Crippen LogP contribution in [0.3, 0.4) is 0 Å². The Morgan fingerprint density at radius 1 is 1.06 bits per heavy atom. The zero-order chi connectivity index (χ0) is 24.4. The number of hydrogen-bond donors (Lipinski definition) is 3. The van der Waals surface area contributed by atoms with Crippen LogP contribution in [0.4, 0.5) is 17.5 Å². The van der Waals surface area contributed by atoms with Crippen LogP contribution < -0.4 is 21.1 Å². The summed E-state index contributed by atoms with van der Waals surface area (Å²) in [6, 6.07) is 17.1. The molecule has 2 aliphatic rings. The first-order chi connectivity index (χ1) is 17.0. The third kappa shape index (κ3) is 5.22. The molecule has 3 N–H and O–H groups in total. The molecule has 0 aliphatic carbocycles. The lowest BCUT2D eigenvalue weighted by Gasteiger charge is -2.33. The molecule has 3 aromatic rings. The monoisotopic (exact) mass is 491 g/mol. The van der Waals surface area contributed by atoms with Crippen molar-refractivity contribution in [3.63, 3.8) is 0 Å². The molecule has 2 aromatic carbocycles. The van der Waals surface area contributed by atoms with Gasteiger partial charge in [0.15, 0.2) is 0 Å². The number of carbonyl (C=O) groups excluding carboxylic acids is 2. The molecule has 3 heterocycles. The summed E-state index contributed by atoms with van der Waals surface area (Å²) >= 11 is 5.90. The summed E-state index contributed by atoms with van der Waals surface area (Å²) < 4.78 is 0. The average molecular weight is 492 g/mol. The van der Waals surface area contributed by atoms with E-state index in [2.05, 4.69) is 44.9 Å². The normalized spacial score (nSPS) is 18.0. The van der Waals surface area contributed by atoms with Gasteiger partial charge in [0.1, 0.15) is 5.82 Å². The van der Waals surface area contributed by atoms with Crippen molar-refractivity contribution in [1.29, 1.82) is 0 Å². The van der Waals surface area contributed by atoms with E-state index in [1.807, 2.05) is 11.0 Å². The Balaban J connectivity index is 1.31. The number of hydrogen-bond acceptors (Lipinski definition) is 5. The smallest absolute Gasteiger partial charge is 0.258 e. The quantitative estimate of drug-likeness (QED) is 0.501. The third-order valence-electron chi connectivity index (χ3n) is 6.65. The summed E-state index contributed by atoms with van der Waals surface area (Å²) in [5.41, 5.74) is 1.63. The highest BCUT2D eigenvalue weighted by Crippen LogP contribution is 2.31. The molecular weight excluding hydrogens is 466 g/mol. The van der Waals surface area contributed by atoms with Crippen LogP contribution in [0.1, 0.15) is 36.3 Å². The highest BCUT2D eigenvalue weighted by atomic mass is 35.5. The molecule has 0 bridgehead atoms. The number of carbonyl (C=O) groups is 2. The van der Waals surface area contributed by atoms with Crippen LogP contribution in [0, 0.1) is 5.92 Å². The Morgan fingerprint density at radius 3 is 2.49 bits per heavy atom. The number of aromatic nitrogens is 2. The second-order valence-electron chi connectivity index (χ2n) is 9.07. The molecule has 180 valence electrons. The number of nitrogens with one attached hydrogen (secondary N) is 3. The number of benzene rings is 2. The van der Waals surface area contributed by atoms with Gasteiger partial charge in [0.05, 0.1) is 11.5 Å². The van der Waals surface area contributed by atoms with Crippen LogP contribution in [0.25, 0.3) is 0 Å². The summed E-state index contributed by atoms with van der Waals surface area (Å²) in [6.07, 6.45) is 2.87. The summed E-state index contributed by atoms with van der Waals surface area (Å²) in [5.74, 6) is -0.576. The van der Waals surface area contributed by atoms with E-state index in [1.54, 1.807) is 24.3 Å². The minimum atomic E-state index is -0.934. The predicted molar refractivity (Wildman–Crippen MR) is 136 cm³/mol. The minimum Gasteiger partial charge on any atom is -0.342 e. The van der Waals surface area contributed by atoms with Crippen molar-refractivity contribution in [3.05, 3.63) is 81.1 Å². The largest absolute Gasteiger partial charge is 0.342 e. The van der Waals surface area contributed by atoms with Crippen molar-refractivity contribution in [2.45, 2.75) is 31.6 Å². The van der Waals surface area contributed by atoms with Crippen LogP contribution in [-0.4, -0.2) is 34.9 Å². The molecule has 2 aliphatic heterocycles. The Morgan fingerprint density at radius 2 is 1.77 bits per heavy atom. The summed E-state index contributed by atoms with van der Waals surface area (Å²) in [7, 11) is 0. The highest BCUT2D eigenvalue weighted by molar-refractivity contribution is 6.30. The molecule has 0 radical (unpaired) electrons. The fourth-order valence-corrected chi connectivity index (χ4v) is 4.92. The summed E-state index contributed by atoms with van der Waals surface area (Å²) in [4.78, 5) is 47.9. The van der Waals surface area contributed by atoms with Gasteiger partial charge in [0, 0.05) is 30.2 Å². The van der Waals surface area contributed by atoms with Crippen molar-refractivity contribution >= 4 is 40.9 Å². The Hall–Kier alpha value is -3.65. The van der Waals surface area contributed by atoms with Gasteiger partial charge in [-0.3, -0.25) is 19.4 Å². The molecule has 2 amide bonds. The molecule has 1 aromatic heterocycles. The number of aromatic amines is 1. The Labute approximate surface area is 207 Å². The van der Waals surface area contributed by atoms with Crippen LogP contribution >= 0.6 is 11.6 Å². The molecule has 8 nitrogen and oxygen atoms in total. The molecule has 0 saturated carbocycles. The topological polar surface area (TPSA) is 107 Å². The van der Waals surface area contributed by atoms with Gasteiger partial charge in [0.2, 0.25) is 17.8 Å². The second kappa shape index (κ2) is 9.92. The number of rotatable bonds is 5. The fraction of sp³-hybridized carbons (Fsp3) is 0.308. The van der Waals surface area contributed by atoms with Gasteiger partial charge in [0.25, 0.3) is 5.56 Å². The molecule has 1 saturated heterocycles. The average Bonchev–Trinajstić information content (AvgIpc) is 2.85. The molecule has 35 heavy (non-hydrogen) atoms. The van der Waals surface area contributed by atoms with Gasteiger partial charge in [-0.2, -0.15) is 4.98 Å².